The van der Waals surface area contributed by atoms with Crippen molar-refractivity contribution in [2.75, 3.05) is 26.7 Å². The van der Waals surface area contributed by atoms with Crippen molar-refractivity contribution in [1.29, 1.82) is 0 Å². The van der Waals surface area contributed by atoms with Crippen LogP contribution in [-0.2, 0) is 4.74 Å². The van der Waals surface area contributed by atoms with Gasteiger partial charge in [0.05, 0.1) is 6.10 Å². The Hall–Kier alpha value is -0.120. The first kappa shape index (κ1) is 11.4. The largest absolute Gasteiger partial charge is 0.381 e. The molecule has 3 nitrogen and oxygen atoms in total. The monoisotopic (exact) mass is 212 g/mol. The molecule has 0 aliphatic carbocycles. The maximum Gasteiger partial charge on any atom is 0.0595 e. The van der Waals surface area contributed by atoms with Gasteiger partial charge in [0, 0.05) is 32.3 Å². The van der Waals surface area contributed by atoms with Crippen LogP contribution in [0.3, 0.4) is 0 Å². The zero-order valence-corrected chi connectivity index (χ0v) is 10.0. The molecule has 3 heteroatoms. The van der Waals surface area contributed by atoms with Gasteiger partial charge in [0.2, 0.25) is 0 Å². The van der Waals surface area contributed by atoms with Crippen molar-refractivity contribution in [3.05, 3.63) is 0 Å². The summed E-state index contributed by atoms with van der Waals surface area (Å²) in [6, 6.07) is 1.52. The first-order valence-corrected chi connectivity index (χ1v) is 6.30. The number of nitrogens with zero attached hydrogens (tertiary/aromatic N) is 1. The van der Waals surface area contributed by atoms with Gasteiger partial charge in [-0.05, 0) is 39.2 Å². The van der Waals surface area contributed by atoms with E-state index in [0.29, 0.717) is 12.1 Å². The molecule has 0 bridgehead atoms. The summed E-state index contributed by atoms with van der Waals surface area (Å²) < 4.78 is 5.41. The fourth-order valence-electron chi connectivity index (χ4n) is 2.91. The molecular formula is C12H24N2O. The first-order chi connectivity index (χ1) is 7.29. The van der Waals surface area contributed by atoms with E-state index in [0.717, 1.165) is 6.04 Å². The highest BCUT2D eigenvalue weighted by atomic mass is 16.5. The van der Waals surface area contributed by atoms with Gasteiger partial charge in [-0.3, -0.25) is 0 Å². The van der Waals surface area contributed by atoms with Crippen LogP contribution in [0.5, 0.6) is 0 Å². The Bertz CT molecular complexity index is 190. The summed E-state index contributed by atoms with van der Waals surface area (Å²) in [4.78, 5) is 2.67. The Labute approximate surface area is 93.2 Å². The molecular weight excluding hydrogens is 188 g/mol. The molecule has 0 aromatic rings. The summed E-state index contributed by atoms with van der Waals surface area (Å²) in [6.07, 6.45) is 5.59. The van der Waals surface area contributed by atoms with E-state index >= 15 is 0 Å². The molecule has 0 amide bonds. The molecule has 1 N–H and O–H groups in total. The van der Waals surface area contributed by atoms with Crippen molar-refractivity contribution in [3.63, 3.8) is 0 Å². The molecule has 2 aliphatic heterocycles. The second kappa shape index (κ2) is 5.28. The summed E-state index contributed by atoms with van der Waals surface area (Å²) in [7, 11) is 1.84. The first-order valence-electron chi connectivity index (χ1n) is 6.30. The second-order valence-electron chi connectivity index (χ2n) is 5.00. The van der Waals surface area contributed by atoms with Gasteiger partial charge in [-0.2, -0.15) is 0 Å². The Kier molecular flexibility index (Phi) is 4.00. The van der Waals surface area contributed by atoms with Crippen LogP contribution < -0.4 is 5.32 Å². The lowest BCUT2D eigenvalue weighted by atomic mass is 9.96. The third-order valence-electron chi connectivity index (χ3n) is 3.92. The standard InChI is InChI=1S/C12H24N2O/c1-10-9-11(3-6-13-10)14-7-4-12(15-2)5-8-14/h10-13H,3-9H2,1-2H3. The highest BCUT2D eigenvalue weighted by molar-refractivity contribution is 4.85. The van der Waals surface area contributed by atoms with Gasteiger partial charge in [0.1, 0.15) is 0 Å². The maximum atomic E-state index is 5.41. The number of methoxy groups -OCH3 is 1. The fourth-order valence-corrected chi connectivity index (χ4v) is 2.91. The number of hydrogen-bond acceptors (Lipinski definition) is 3. The smallest absolute Gasteiger partial charge is 0.0595 e. The van der Waals surface area contributed by atoms with Crippen molar-refractivity contribution in [2.24, 2.45) is 0 Å². The average Bonchev–Trinajstić information content (AvgIpc) is 2.29. The van der Waals surface area contributed by atoms with E-state index < -0.39 is 0 Å². The third-order valence-corrected chi connectivity index (χ3v) is 3.92. The number of rotatable bonds is 2. The van der Waals surface area contributed by atoms with E-state index in [1.54, 1.807) is 0 Å². The van der Waals surface area contributed by atoms with Crippen LogP contribution in [0, 0.1) is 0 Å². The van der Waals surface area contributed by atoms with E-state index in [4.69, 9.17) is 4.74 Å². The van der Waals surface area contributed by atoms with Crippen LogP contribution in [0.25, 0.3) is 0 Å². The number of likely N-dealkylation sites (tertiary alicyclic amines) is 1. The molecule has 2 unspecified atom stereocenters. The van der Waals surface area contributed by atoms with Crippen molar-refractivity contribution < 1.29 is 4.74 Å². The normalized spacial score (nSPS) is 35.6. The maximum absolute atomic E-state index is 5.41. The Balaban J connectivity index is 1.79. The highest BCUT2D eigenvalue weighted by Gasteiger charge is 2.27. The lowest BCUT2D eigenvalue weighted by Gasteiger charge is -2.40. The molecule has 2 rings (SSSR count). The minimum Gasteiger partial charge on any atom is -0.381 e. The van der Waals surface area contributed by atoms with E-state index in [2.05, 4.69) is 17.1 Å². The number of piperidine rings is 2. The number of hydrogen-bond donors (Lipinski definition) is 1. The SMILES string of the molecule is COC1CCN(C2CCNC(C)C2)CC1. The Morgan fingerprint density at radius 3 is 2.53 bits per heavy atom. The van der Waals surface area contributed by atoms with Crippen molar-refractivity contribution in [1.82, 2.24) is 10.2 Å². The summed E-state index contributed by atoms with van der Waals surface area (Å²) in [5.74, 6) is 0. The summed E-state index contributed by atoms with van der Waals surface area (Å²) in [5, 5.41) is 3.52. The summed E-state index contributed by atoms with van der Waals surface area (Å²) in [6.45, 7) is 5.95. The molecule has 0 spiro atoms. The predicted octanol–water partition coefficient (Wildman–Crippen LogP) is 1.24. The van der Waals surface area contributed by atoms with Crippen LogP contribution in [-0.4, -0.2) is 49.8 Å². The number of ether oxygens (including phenoxy) is 1. The Morgan fingerprint density at radius 2 is 1.93 bits per heavy atom. The Morgan fingerprint density at radius 1 is 1.20 bits per heavy atom. The van der Waals surface area contributed by atoms with Gasteiger partial charge >= 0.3 is 0 Å². The van der Waals surface area contributed by atoms with E-state index in [1.807, 2.05) is 7.11 Å². The van der Waals surface area contributed by atoms with Gasteiger partial charge in [-0.15, -0.1) is 0 Å². The molecule has 2 atom stereocenters. The zero-order chi connectivity index (χ0) is 10.7. The quantitative estimate of drug-likeness (QED) is 0.745. The van der Waals surface area contributed by atoms with Crippen molar-refractivity contribution in [3.8, 4) is 0 Å². The minimum atomic E-state index is 0.514. The molecule has 2 heterocycles. The number of nitrogens with one attached hydrogen (secondary N) is 1. The molecule has 0 aromatic heterocycles. The zero-order valence-electron chi connectivity index (χ0n) is 10.0. The second-order valence-corrected chi connectivity index (χ2v) is 5.00. The van der Waals surface area contributed by atoms with Crippen LogP contribution in [0.1, 0.15) is 32.6 Å². The van der Waals surface area contributed by atoms with Gasteiger partial charge in [0.25, 0.3) is 0 Å². The van der Waals surface area contributed by atoms with Gasteiger partial charge < -0.3 is 15.0 Å². The molecule has 0 aromatic carbocycles. The van der Waals surface area contributed by atoms with E-state index in [9.17, 15) is 0 Å². The predicted molar refractivity (Wildman–Crippen MR) is 62.1 cm³/mol. The molecule has 2 fully saturated rings. The van der Waals surface area contributed by atoms with Crippen LogP contribution in [0.2, 0.25) is 0 Å². The van der Waals surface area contributed by atoms with Crippen molar-refractivity contribution in [2.45, 2.75) is 50.8 Å². The third kappa shape index (κ3) is 2.92. The highest BCUT2D eigenvalue weighted by Crippen LogP contribution is 2.21. The van der Waals surface area contributed by atoms with Crippen LogP contribution >= 0.6 is 0 Å². The van der Waals surface area contributed by atoms with Crippen LogP contribution in [0.15, 0.2) is 0 Å². The topological polar surface area (TPSA) is 24.5 Å². The molecule has 0 radical (unpaired) electrons. The molecule has 15 heavy (non-hydrogen) atoms. The minimum absolute atomic E-state index is 0.514. The van der Waals surface area contributed by atoms with Crippen molar-refractivity contribution >= 4 is 0 Å². The molecule has 2 aliphatic rings. The average molecular weight is 212 g/mol. The van der Waals surface area contributed by atoms with Gasteiger partial charge in [-0.25, -0.2) is 0 Å². The summed E-state index contributed by atoms with van der Waals surface area (Å²) in [5.41, 5.74) is 0. The lowest BCUT2D eigenvalue weighted by Crippen LogP contribution is -2.50. The van der Waals surface area contributed by atoms with Gasteiger partial charge in [-0.1, -0.05) is 0 Å². The molecule has 2 saturated heterocycles. The summed E-state index contributed by atoms with van der Waals surface area (Å²) >= 11 is 0. The van der Waals surface area contributed by atoms with Gasteiger partial charge in [0.15, 0.2) is 0 Å². The lowest BCUT2D eigenvalue weighted by molar-refractivity contribution is 0.0198. The molecule has 0 saturated carbocycles. The molecule has 88 valence electrons. The fraction of sp³-hybridized carbons (Fsp3) is 1.00. The van der Waals surface area contributed by atoms with Crippen LogP contribution in [0.4, 0.5) is 0 Å². The van der Waals surface area contributed by atoms with E-state index in [-0.39, 0.29) is 0 Å². The van der Waals surface area contributed by atoms with E-state index in [1.165, 1.54) is 45.3 Å².